The van der Waals surface area contributed by atoms with E-state index in [1.807, 2.05) is 0 Å². The number of unbranched alkanes of at least 4 members (excludes halogenated alkanes) is 8. The van der Waals surface area contributed by atoms with E-state index >= 15 is 0 Å². The number of rotatable bonds is 13. The van der Waals surface area contributed by atoms with Gasteiger partial charge in [-0.05, 0) is 43.7 Å². The smallest absolute Gasteiger partial charge is 0.0401 e. The lowest BCUT2D eigenvalue weighted by Gasteiger charge is -2.36. The van der Waals surface area contributed by atoms with Gasteiger partial charge < -0.3 is 4.90 Å². The van der Waals surface area contributed by atoms with Gasteiger partial charge in [0.05, 0.1) is 0 Å². The van der Waals surface area contributed by atoms with E-state index in [9.17, 15) is 0 Å². The summed E-state index contributed by atoms with van der Waals surface area (Å²) in [5.74, 6) is 0. The van der Waals surface area contributed by atoms with E-state index in [1.165, 1.54) is 122 Å². The summed E-state index contributed by atoms with van der Waals surface area (Å²) in [6, 6.07) is 10.1. The molecule has 1 aliphatic rings. The fourth-order valence-electron chi connectivity index (χ4n) is 5.05. The summed E-state index contributed by atoms with van der Waals surface area (Å²) >= 11 is 0. The van der Waals surface area contributed by atoms with Crippen LogP contribution in [0.1, 0.15) is 129 Å². The van der Waals surface area contributed by atoms with Crippen molar-refractivity contribution in [1.82, 2.24) is 0 Å². The van der Waals surface area contributed by atoms with Crippen LogP contribution in [0.2, 0.25) is 0 Å². The van der Waals surface area contributed by atoms with Crippen LogP contribution >= 0.6 is 0 Å². The molecule has 0 saturated carbocycles. The van der Waals surface area contributed by atoms with Crippen LogP contribution < -0.4 is 4.90 Å². The highest BCUT2D eigenvalue weighted by Crippen LogP contribution is 2.30. The molecule has 0 bridgehead atoms. The summed E-state index contributed by atoms with van der Waals surface area (Å²) in [6.07, 6.45) is 25.1. The van der Waals surface area contributed by atoms with Gasteiger partial charge >= 0.3 is 0 Å². The summed E-state index contributed by atoms with van der Waals surface area (Å²) in [5, 5.41) is 0. The Morgan fingerprint density at radius 2 is 1.28 bits per heavy atom. The number of nitrogens with zero attached hydrogens (tertiary/aromatic N) is 1. The van der Waals surface area contributed by atoms with E-state index in [1.54, 1.807) is 11.3 Å². The monoisotopic (exact) mass is 399 g/mol. The Hall–Kier alpha value is -0.980. The molecule has 1 heteroatoms. The Labute approximate surface area is 182 Å². The molecule has 0 amide bonds. The molecule has 0 unspecified atom stereocenters. The molecule has 1 heterocycles. The first-order valence-electron chi connectivity index (χ1n) is 13.2. The van der Waals surface area contributed by atoms with Crippen molar-refractivity contribution < 1.29 is 0 Å². The lowest BCUT2D eigenvalue weighted by molar-refractivity contribution is 0.448. The summed E-state index contributed by atoms with van der Waals surface area (Å²) in [7, 11) is 0. The fraction of sp³-hybridized carbons (Fsp3) is 0.786. The fourth-order valence-corrected chi connectivity index (χ4v) is 5.05. The molecule has 0 N–H and O–H groups in total. The standard InChI is InChI=1S/C28H49N/c1-3-5-7-10-15-22-27(23-16-11-8-6-4-2)29-25-19-13-9-12-14-20-26-21-17-18-24-28(26)29/h17-18,21,24,27H,3-16,19-20,22-23,25H2,1-2H3. The van der Waals surface area contributed by atoms with Crippen molar-refractivity contribution in [2.45, 2.75) is 135 Å². The van der Waals surface area contributed by atoms with E-state index in [4.69, 9.17) is 0 Å². The molecule has 0 aliphatic carbocycles. The lowest BCUT2D eigenvalue weighted by atomic mass is 9.95. The van der Waals surface area contributed by atoms with Crippen LogP contribution in [0.4, 0.5) is 5.69 Å². The zero-order valence-electron chi connectivity index (χ0n) is 19.8. The Kier molecular flexibility index (Phi) is 13.2. The topological polar surface area (TPSA) is 3.24 Å². The first-order valence-corrected chi connectivity index (χ1v) is 13.2. The maximum Gasteiger partial charge on any atom is 0.0401 e. The number of hydrogen-bond donors (Lipinski definition) is 0. The average molecular weight is 400 g/mol. The van der Waals surface area contributed by atoms with Crippen molar-refractivity contribution in [3.05, 3.63) is 29.8 Å². The number of anilines is 1. The van der Waals surface area contributed by atoms with E-state index in [0.29, 0.717) is 0 Å². The molecule has 1 nitrogen and oxygen atoms in total. The van der Waals surface area contributed by atoms with Crippen LogP contribution in [-0.4, -0.2) is 12.6 Å². The van der Waals surface area contributed by atoms with Crippen LogP contribution in [0.15, 0.2) is 24.3 Å². The third-order valence-electron chi connectivity index (χ3n) is 6.87. The first-order chi connectivity index (χ1) is 14.4. The van der Waals surface area contributed by atoms with Gasteiger partial charge in [-0.15, -0.1) is 0 Å². The van der Waals surface area contributed by atoms with Gasteiger partial charge in [0.25, 0.3) is 0 Å². The molecule has 2 rings (SSSR count). The van der Waals surface area contributed by atoms with Gasteiger partial charge in [-0.1, -0.05) is 116 Å². The van der Waals surface area contributed by atoms with Crippen LogP contribution in [-0.2, 0) is 6.42 Å². The first kappa shape index (κ1) is 24.3. The molecule has 0 radical (unpaired) electrons. The Bertz CT molecular complexity index is 495. The van der Waals surface area contributed by atoms with Crippen LogP contribution in [0.5, 0.6) is 0 Å². The number of para-hydroxylation sites is 1. The number of hydrogen-bond acceptors (Lipinski definition) is 1. The second kappa shape index (κ2) is 15.8. The maximum atomic E-state index is 2.86. The normalized spacial score (nSPS) is 15.5. The minimum Gasteiger partial charge on any atom is -0.368 e. The van der Waals surface area contributed by atoms with Crippen molar-refractivity contribution in [2.24, 2.45) is 0 Å². The van der Waals surface area contributed by atoms with Crippen LogP contribution in [0.3, 0.4) is 0 Å². The quantitative estimate of drug-likeness (QED) is 0.299. The van der Waals surface area contributed by atoms with Gasteiger partial charge in [0.2, 0.25) is 0 Å². The molecular weight excluding hydrogens is 350 g/mol. The minimum absolute atomic E-state index is 0.749. The van der Waals surface area contributed by atoms with E-state index in [2.05, 4.69) is 43.0 Å². The predicted octanol–water partition coefficient (Wildman–Crippen LogP) is 9.09. The molecule has 0 saturated heterocycles. The lowest BCUT2D eigenvalue weighted by Crippen LogP contribution is -2.37. The zero-order chi connectivity index (χ0) is 20.6. The van der Waals surface area contributed by atoms with Gasteiger partial charge in [-0.3, -0.25) is 0 Å². The van der Waals surface area contributed by atoms with Gasteiger partial charge in [0.15, 0.2) is 0 Å². The molecular formula is C28H49N. The van der Waals surface area contributed by atoms with Gasteiger partial charge in [0.1, 0.15) is 0 Å². The minimum atomic E-state index is 0.749. The van der Waals surface area contributed by atoms with Gasteiger partial charge in [-0.2, -0.15) is 0 Å². The van der Waals surface area contributed by atoms with Crippen LogP contribution in [0, 0.1) is 0 Å². The van der Waals surface area contributed by atoms with Crippen molar-refractivity contribution in [2.75, 3.05) is 11.4 Å². The summed E-state index contributed by atoms with van der Waals surface area (Å²) in [5.41, 5.74) is 3.18. The summed E-state index contributed by atoms with van der Waals surface area (Å²) in [4.78, 5) is 2.86. The molecule has 29 heavy (non-hydrogen) atoms. The second-order valence-electron chi connectivity index (χ2n) is 9.40. The highest BCUT2D eigenvalue weighted by atomic mass is 15.2. The summed E-state index contributed by atoms with van der Waals surface area (Å²) < 4.78 is 0. The van der Waals surface area contributed by atoms with Crippen LogP contribution in [0.25, 0.3) is 0 Å². The Morgan fingerprint density at radius 3 is 1.97 bits per heavy atom. The third-order valence-corrected chi connectivity index (χ3v) is 6.87. The Balaban J connectivity index is 2.07. The molecule has 1 aromatic rings. The second-order valence-corrected chi connectivity index (χ2v) is 9.40. The predicted molar refractivity (Wildman–Crippen MR) is 131 cm³/mol. The molecule has 166 valence electrons. The maximum absolute atomic E-state index is 2.86. The van der Waals surface area contributed by atoms with Crippen molar-refractivity contribution >= 4 is 5.69 Å². The third kappa shape index (κ3) is 9.58. The number of aryl methyl sites for hydroxylation is 1. The number of fused-ring (bicyclic) bond motifs is 1. The van der Waals surface area contributed by atoms with E-state index in [0.717, 1.165) is 6.04 Å². The van der Waals surface area contributed by atoms with E-state index < -0.39 is 0 Å². The molecule has 0 aromatic heterocycles. The largest absolute Gasteiger partial charge is 0.368 e. The SMILES string of the molecule is CCCCCCCC(CCCCCCC)N1CCCCCCCc2ccccc21. The van der Waals surface area contributed by atoms with Crippen molar-refractivity contribution in [3.63, 3.8) is 0 Å². The summed E-state index contributed by atoms with van der Waals surface area (Å²) in [6.45, 7) is 5.91. The molecule has 0 spiro atoms. The Morgan fingerprint density at radius 1 is 0.690 bits per heavy atom. The highest BCUT2D eigenvalue weighted by Gasteiger charge is 2.21. The van der Waals surface area contributed by atoms with Crippen molar-refractivity contribution in [1.29, 1.82) is 0 Å². The molecule has 0 fully saturated rings. The number of benzene rings is 1. The molecule has 1 aliphatic heterocycles. The zero-order valence-corrected chi connectivity index (χ0v) is 19.8. The molecule has 0 atom stereocenters. The average Bonchev–Trinajstić information content (AvgIpc) is 2.75. The van der Waals surface area contributed by atoms with Crippen molar-refractivity contribution in [3.8, 4) is 0 Å². The molecule has 1 aromatic carbocycles. The van der Waals surface area contributed by atoms with Gasteiger partial charge in [-0.25, -0.2) is 0 Å². The van der Waals surface area contributed by atoms with E-state index in [-0.39, 0.29) is 0 Å². The van der Waals surface area contributed by atoms with Gasteiger partial charge in [0, 0.05) is 18.3 Å². The highest BCUT2D eigenvalue weighted by molar-refractivity contribution is 5.54.